The van der Waals surface area contributed by atoms with Gasteiger partial charge in [0.1, 0.15) is 5.82 Å². The van der Waals surface area contributed by atoms with E-state index in [4.69, 9.17) is 4.98 Å². The first-order valence-corrected chi connectivity index (χ1v) is 6.83. The molecule has 0 atom stereocenters. The SMILES string of the molecule is CC(C)(O)Cc1cnn2ccc(N3CCCC3)nc12. The van der Waals surface area contributed by atoms with Crippen molar-refractivity contribution in [1.29, 1.82) is 0 Å². The van der Waals surface area contributed by atoms with Crippen LogP contribution in [0.5, 0.6) is 0 Å². The molecule has 2 aromatic heterocycles. The van der Waals surface area contributed by atoms with Gasteiger partial charge in [-0.05, 0) is 32.8 Å². The Morgan fingerprint density at radius 1 is 1.32 bits per heavy atom. The second-order valence-electron chi connectivity index (χ2n) is 5.91. The largest absolute Gasteiger partial charge is 0.390 e. The topological polar surface area (TPSA) is 53.7 Å². The van der Waals surface area contributed by atoms with Gasteiger partial charge >= 0.3 is 0 Å². The molecule has 3 rings (SSSR count). The lowest BCUT2D eigenvalue weighted by molar-refractivity contribution is 0.0813. The molecule has 3 heterocycles. The predicted molar refractivity (Wildman–Crippen MR) is 74.4 cm³/mol. The summed E-state index contributed by atoms with van der Waals surface area (Å²) in [5.74, 6) is 1.02. The first-order valence-electron chi connectivity index (χ1n) is 6.83. The first-order chi connectivity index (χ1) is 9.03. The van der Waals surface area contributed by atoms with Crippen molar-refractivity contribution in [3.05, 3.63) is 24.0 Å². The average Bonchev–Trinajstić information content (AvgIpc) is 2.96. The minimum absolute atomic E-state index is 0.562. The van der Waals surface area contributed by atoms with E-state index in [0.29, 0.717) is 6.42 Å². The molecule has 0 unspecified atom stereocenters. The lowest BCUT2D eigenvalue weighted by Crippen LogP contribution is -2.22. The molecule has 0 amide bonds. The minimum Gasteiger partial charge on any atom is -0.390 e. The van der Waals surface area contributed by atoms with Crippen molar-refractivity contribution in [2.75, 3.05) is 18.0 Å². The summed E-state index contributed by atoms with van der Waals surface area (Å²) in [4.78, 5) is 7.02. The predicted octanol–water partition coefficient (Wildman–Crippen LogP) is 1.64. The number of fused-ring (bicyclic) bond motifs is 1. The Morgan fingerprint density at radius 2 is 2.05 bits per heavy atom. The molecule has 1 aliphatic heterocycles. The van der Waals surface area contributed by atoms with E-state index in [2.05, 4.69) is 10.00 Å². The van der Waals surface area contributed by atoms with Gasteiger partial charge < -0.3 is 10.0 Å². The fraction of sp³-hybridized carbons (Fsp3) is 0.571. The van der Waals surface area contributed by atoms with Crippen LogP contribution in [0.25, 0.3) is 5.65 Å². The van der Waals surface area contributed by atoms with Gasteiger partial charge in [0.05, 0.1) is 11.8 Å². The minimum atomic E-state index is -0.741. The average molecular weight is 260 g/mol. The van der Waals surface area contributed by atoms with Crippen LogP contribution in [-0.2, 0) is 6.42 Å². The highest BCUT2D eigenvalue weighted by Gasteiger charge is 2.19. The van der Waals surface area contributed by atoms with Gasteiger partial charge in [-0.15, -0.1) is 0 Å². The van der Waals surface area contributed by atoms with Crippen molar-refractivity contribution in [3.63, 3.8) is 0 Å². The quantitative estimate of drug-likeness (QED) is 0.911. The first kappa shape index (κ1) is 12.4. The number of nitrogens with zero attached hydrogens (tertiary/aromatic N) is 4. The van der Waals surface area contributed by atoms with Crippen LogP contribution in [-0.4, -0.2) is 38.4 Å². The summed E-state index contributed by atoms with van der Waals surface area (Å²) >= 11 is 0. The fourth-order valence-corrected chi connectivity index (χ4v) is 2.62. The summed E-state index contributed by atoms with van der Waals surface area (Å²) in [6.45, 7) is 5.78. The van der Waals surface area contributed by atoms with Gasteiger partial charge in [-0.3, -0.25) is 0 Å². The van der Waals surface area contributed by atoms with Crippen LogP contribution in [0.3, 0.4) is 0 Å². The molecule has 0 aliphatic carbocycles. The Bertz CT molecular complexity index is 579. The van der Waals surface area contributed by atoms with Crippen LogP contribution in [0.15, 0.2) is 18.5 Å². The van der Waals surface area contributed by atoms with Crippen molar-refractivity contribution >= 4 is 11.5 Å². The molecule has 0 saturated carbocycles. The molecule has 1 fully saturated rings. The van der Waals surface area contributed by atoms with Crippen LogP contribution in [0.4, 0.5) is 5.82 Å². The van der Waals surface area contributed by atoms with Gasteiger partial charge in [-0.25, -0.2) is 9.50 Å². The third-order valence-corrected chi connectivity index (χ3v) is 3.48. The molecule has 5 nitrogen and oxygen atoms in total. The van der Waals surface area contributed by atoms with Crippen LogP contribution in [0, 0.1) is 0 Å². The van der Waals surface area contributed by atoms with E-state index in [1.54, 1.807) is 24.6 Å². The molecule has 0 bridgehead atoms. The lowest BCUT2D eigenvalue weighted by Gasteiger charge is -2.17. The number of aromatic nitrogens is 3. The maximum Gasteiger partial charge on any atom is 0.160 e. The van der Waals surface area contributed by atoms with E-state index >= 15 is 0 Å². The molecule has 5 heteroatoms. The maximum atomic E-state index is 9.95. The molecule has 1 aliphatic rings. The standard InChI is InChI=1S/C14H20N4O/c1-14(2,19)9-11-10-15-18-8-5-12(16-13(11)18)17-6-3-4-7-17/h5,8,10,19H,3-4,6-7,9H2,1-2H3. The van der Waals surface area contributed by atoms with Crippen LogP contribution < -0.4 is 4.90 Å². The molecular weight excluding hydrogens is 240 g/mol. The number of hydrogen-bond acceptors (Lipinski definition) is 4. The number of anilines is 1. The Morgan fingerprint density at radius 3 is 2.74 bits per heavy atom. The highest BCUT2D eigenvalue weighted by molar-refractivity contribution is 5.53. The van der Waals surface area contributed by atoms with Crippen molar-refractivity contribution in [3.8, 4) is 0 Å². The summed E-state index contributed by atoms with van der Waals surface area (Å²) in [7, 11) is 0. The van der Waals surface area contributed by atoms with Crippen molar-refractivity contribution < 1.29 is 5.11 Å². The Kier molecular flexibility index (Phi) is 2.93. The Hall–Kier alpha value is -1.62. The molecule has 0 spiro atoms. The Balaban J connectivity index is 1.98. The highest BCUT2D eigenvalue weighted by atomic mass is 16.3. The van der Waals surface area contributed by atoms with E-state index < -0.39 is 5.60 Å². The zero-order chi connectivity index (χ0) is 13.5. The van der Waals surface area contributed by atoms with Gasteiger partial charge in [0, 0.05) is 31.3 Å². The molecule has 0 radical (unpaired) electrons. The molecular formula is C14H20N4O. The van der Waals surface area contributed by atoms with E-state index in [1.807, 2.05) is 12.3 Å². The van der Waals surface area contributed by atoms with Gasteiger partial charge in [-0.2, -0.15) is 5.10 Å². The monoisotopic (exact) mass is 260 g/mol. The van der Waals surface area contributed by atoms with E-state index in [-0.39, 0.29) is 0 Å². The molecule has 1 N–H and O–H groups in total. The fourth-order valence-electron chi connectivity index (χ4n) is 2.62. The second-order valence-corrected chi connectivity index (χ2v) is 5.91. The zero-order valence-corrected chi connectivity index (χ0v) is 11.5. The third-order valence-electron chi connectivity index (χ3n) is 3.48. The molecule has 2 aromatic rings. The van der Waals surface area contributed by atoms with Crippen LogP contribution in [0.1, 0.15) is 32.3 Å². The van der Waals surface area contributed by atoms with E-state index in [9.17, 15) is 5.11 Å². The van der Waals surface area contributed by atoms with Gasteiger partial charge in [-0.1, -0.05) is 0 Å². The number of aliphatic hydroxyl groups is 1. The molecule has 0 aromatic carbocycles. The Labute approximate surface area is 112 Å². The summed E-state index contributed by atoms with van der Waals surface area (Å²) in [6, 6.07) is 2.01. The van der Waals surface area contributed by atoms with Crippen LogP contribution >= 0.6 is 0 Å². The van der Waals surface area contributed by atoms with Crippen molar-refractivity contribution in [2.45, 2.75) is 38.7 Å². The smallest absolute Gasteiger partial charge is 0.160 e. The summed E-state index contributed by atoms with van der Waals surface area (Å²) < 4.78 is 1.78. The van der Waals surface area contributed by atoms with Gasteiger partial charge in [0.2, 0.25) is 0 Å². The highest BCUT2D eigenvalue weighted by Crippen LogP contribution is 2.21. The number of hydrogen-bond donors (Lipinski definition) is 1. The summed E-state index contributed by atoms with van der Waals surface area (Å²) in [5, 5.41) is 14.2. The number of rotatable bonds is 3. The maximum absolute atomic E-state index is 9.95. The molecule has 1 saturated heterocycles. The molecule has 102 valence electrons. The van der Waals surface area contributed by atoms with Crippen molar-refractivity contribution in [2.24, 2.45) is 0 Å². The van der Waals surface area contributed by atoms with Crippen LogP contribution in [0.2, 0.25) is 0 Å². The summed E-state index contributed by atoms with van der Waals surface area (Å²) in [6.07, 6.45) is 6.79. The van der Waals surface area contributed by atoms with E-state index in [0.717, 1.165) is 30.1 Å². The van der Waals surface area contributed by atoms with Crippen molar-refractivity contribution in [1.82, 2.24) is 14.6 Å². The summed E-state index contributed by atoms with van der Waals surface area (Å²) in [5.41, 5.74) is 1.11. The van der Waals surface area contributed by atoms with Gasteiger partial charge in [0.15, 0.2) is 5.65 Å². The third kappa shape index (κ3) is 2.56. The van der Waals surface area contributed by atoms with Gasteiger partial charge in [0.25, 0.3) is 0 Å². The lowest BCUT2D eigenvalue weighted by atomic mass is 10.0. The zero-order valence-electron chi connectivity index (χ0n) is 11.5. The normalized spacial score (nSPS) is 16.5. The second kappa shape index (κ2) is 4.49. The molecule has 19 heavy (non-hydrogen) atoms. The van der Waals surface area contributed by atoms with E-state index in [1.165, 1.54) is 12.8 Å².